The zero-order valence-electron chi connectivity index (χ0n) is 9.15. The molecule has 0 fully saturated rings. The number of aliphatic imine (C=N–C) groups is 1. The molecule has 4 heteroatoms. The van der Waals surface area contributed by atoms with Gasteiger partial charge in [0, 0.05) is 18.1 Å². The molecule has 1 aliphatic rings. The Labute approximate surface area is 99.2 Å². The molecule has 0 atom stereocenters. The summed E-state index contributed by atoms with van der Waals surface area (Å²) in [7, 11) is 0. The minimum absolute atomic E-state index is 0.0474. The van der Waals surface area contributed by atoms with Crippen LogP contribution in [0.1, 0.15) is 5.56 Å². The molecule has 1 heterocycles. The SMILES string of the molecule is O=C(O)Cc1ccc(N2C=CC=CN=C2)cc1. The lowest BCUT2D eigenvalue weighted by atomic mass is 10.1. The van der Waals surface area contributed by atoms with Crippen LogP contribution in [0.25, 0.3) is 0 Å². The summed E-state index contributed by atoms with van der Waals surface area (Å²) in [6, 6.07) is 7.37. The third-order valence-electron chi connectivity index (χ3n) is 2.31. The summed E-state index contributed by atoms with van der Waals surface area (Å²) in [5.41, 5.74) is 1.73. The molecule has 0 saturated heterocycles. The van der Waals surface area contributed by atoms with Crippen molar-refractivity contribution >= 4 is 18.0 Å². The second-order valence-electron chi connectivity index (χ2n) is 3.59. The number of carbonyl (C=O) groups is 1. The first-order valence-corrected chi connectivity index (χ1v) is 5.21. The number of anilines is 1. The predicted octanol–water partition coefficient (Wildman–Crippen LogP) is 2.19. The average Bonchev–Trinajstić information content (AvgIpc) is 2.58. The van der Waals surface area contributed by atoms with Gasteiger partial charge in [0.25, 0.3) is 0 Å². The molecule has 86 valence electrons. The second-order valence-corrected chi connectivity index (χ2v) is 3.59. The second kappa shape index (κ2) is 5.12. The van der Waals surface area contributed by atoms with Crippen molar-refractivity contribution in [3.8, 4) is 0 Å². The van der Waals surface area contributed by atoms with E-state index in [0.29, 0.717) is 0 Å². The molecule has 0 unspecified atom stereocenters. The Bertz CT molecular complexity index is 471. The van der Waals surface area contributed by atoms with Crippen LogP contribution in [0.5, 0.6) is 0 Å². The lowest BCUT2D eigenvalue weighted by Gasteiger charge is -2.13. The van der Waals surface area contributed by atoms with Crippen LogP contribution in [0.2, 0.25) is 0 Å². The van der Waals surface area contributed by atoms with Crippen LogP contribution in [-0.4, -0.2) is 17.4 Å². The van der Waals surface area contributed by atoms with Crippen molar-refractivity contribution in [2.24, 2.45) is 4.99 Å². The highest BCUT2D eigenvalue weighted by Gasteiger charge is 2.03. The summed E-state index contributed by atoms with van der Waals surface area (Å²) in [5.74, 6) is -0.821. The van der Waals surface area contributed by atoms with Crippen molar-refractivity contribution in [1.29, 1.82) is 0 Å². The summed E-state index contributed by atoms with van der Waals surface area (Å²) >= 11 is 0. The molecule has 1 aromatic carbocycles. The molecule has 0 aromatic heterocycles. The first-order valence-electron chi connectivity index (χ1n) is 5.21. The standard InChI is InChI=1S/C13H12N2O2/c16-13(17)9-11-3-5-12(6-4-11)15-8-2-1-7-14-10-15/h1-8,10H,9H2,(H,16,17). The van der Waals surface area contributed by atoms with Gasteiger partial charge in [0.05, 0.1) is 12.8 Å². The van der Waals surface area contributed by atoms with Gasteiger partial charge in [-0.1, -0.05) is 12.1 Å². The van der Waals surface area contributed by atoms with Gasteiger partial charge in [-0.3, -0.25) is 4.79 Å². The van der Waals surface area contributed by atoms with Gasteiger partial charge in [-0.2, -0.15) is 0 Å². The van der Waals surface area contributed by atoms with Crippen molar-refractivity contribution < 1.29 is 9.90 Å². The fourth-order valence-electron chi connectivity index (χ4n) is 1.50. The van der Waals surface area contributed by atoms with Crippen molar-refractivity contribution in [2.45, 2.75) is 6.42 Å². The van der Waals surface area contributed by atoms with E-state index < -0.39 is 5.97 Å². The molecule has 1 N–H and O–H groups in total. The fourth-order valence-corrected chi connectivity index (χ4v) is 1.50. The van der Waals surface area contributed by atoms with E-state index in [1.165, 1.54) is 0 Å². The number of aliphatic carboxylic acids is 1. The van der Waals surface area contributed by atoms with Crippen LogP contribution < -0.4 is 4.90 Å². The summed E-state index contributed by atoms with van der Waals surface area (Å²) in [6.45, 7) is 0. The summed E-state index contributed by atoms with van der Waals surface area (Å²) in [4.78, 5) is 16.5. The maximum absolute atomic E-state index is 10.5. The Hall–Kier alpha value is -2.36. The highest BCUT2D eigenvalue weighted by Crippen LogP contribution is 2.15. The quantitative estimate of drug-likeness (QED) is 0.862. The molecule has 0 radical (unpaired) electrons. The van der Waals surface area contributed by atoms with Crippen LogP contribution >= 0.6 is 0 Å². The number of carboxylic acids is 1. The van der Waals surface area contributed by atoms with E-state index in [1.54, 1.807) is 12.5 Å². The lowest BCUT2D eigenvalue weighted by molar-refractivity contribution is -0.136. The number of allylic oxidation sites excluding steroid dienone is 2. The van der Waals surface area contributed by atoms with E-state index in [4.69, 9.17) is 5.11 Å². The summed E-state index contributed by atoms with van der Waals surface area (Å²) in [6.07, 6.45) is 9.07. The first kappa shape index (κ1) is 11.1. The molecule has 4 nitrogen and oxygen atoms in total. The number of rotatable bonds is 3. The molecule has 0 saturated carbocycles. The Morgan fingerprint density at radius 1 is 1.24 bits per heavy atom. The zero-order valence-corrected chi connectivity index (χ0v) is 9.15. The molecule has 1 aliphatic heterocycles. The number of benzene rings is 1. The fraction of sp³-hybridized carbons (Fsp3) is 0.0769. The smallest absolute Gasteiger partial charge is 0.307 e. The molecule has 17 heavy (non-hydrogen) atoms. The predicted molar refractivity (Wildman–Crippen MR) is 67.0 cm³/mol. The number of hydrogen-bond acceptors (Lipinski definition) is 3. The largest absolute Gasteiger partial charge is 0.481 e. The number of carboxylic acid groups (broad SMARTS) is 1. The minimum Gasteiger partial charge on any atom is -0.481 e. The van der Waals surface area contributed by atoms with E-state index in [-0.39, 0.29) is 6.42 Å². The Kier molecular flexibility index (Phi) is 3.35. The zero-order chi connectivity index (χ0) is 12.1. The van der Waals surface area contributed by atoms with Crippen LogP contribution in [-0.2, 0) is 11.2 Å². The van der Waals surface area contributed by atoms with Gasteiger partial charge in [0.2, 0.25) is 0 Å². The summed E-state index contributed by atoms with van der Waals surface area (Å²) in [5, 5.41) is 8.67. The van der Waals surface area contributed by atoms with Crippen molar-refractivity contribution in [3.05, 3.63) is 54.4 Å². The molecule has 2 rings (SSSR count). The van der Waals surface area contributed by atoms with E-state index in [0.717, 1.165) is 11.3 Å². The number of nitrogens with zero attached hydrogens (tertiary/aromatic N) is 2. The normalized spacial score (nSPS) is 13.8. The van der Waals surface area contributed by atoms with Gasteiger partial charge in [-0.25, -0.2) is 4.99 Å². The monoisotopic (exact) mass is 228 g/mol. The highest BCUT2D eigenvalue weighted by molar-refractivity contribution is 5.82. The molecular formula is C13H12N2O2. The first-order chi connectivity index (χ1) is 8.25. The van der Waals surface area contributed by atoms with Crippen molar-refractivity contribution in [2.75, 3.05) is 4.90 Å². The van der Waals surface area contributed by atoms with E-state index >= 15 is 0 Å². The van der Waals surface area contributed by atoms with E-state index in [1.807, 2.05) is 47.5 Å². The summed E-state index contributed by atoms with van der Waals surface area (Å²) < 4.78 is 0. The highest BCUT2D eigenvalue weighted by atomic mass is 16.4. The third kappa shape index (κ3) is 3.04. The van der Waals surface area contributed by atoms with Crippen molar-refractivity contribution in [3.63, 3.8) is 0 Å². The Balaban J connectivity index is 2.15. The maximum Gasteiger partial charge on any atom is 0.307 e. The maximum atomic E-state index is 10.5. The molecular weight excluding hydrogens is 216 g/mol. The Morgan fingerprint density at radius 2 is 2.00 bits per heavy atom. The van der Waals surface area contributed by atoms with Gasteiger partial charge in [-0.15, -0.1) is 0 Å². The van der Waals surface area contributed by atoms with Crippen LogP contribution in [0.4, 0.5) is 5.69 Å². The van der Waals surface area contributed by atoms with Gasteiger partial charge < -0.3 is 10.0 Å². The van der Waals surface area contributed by atoms with Crippen LogP contribution in [0.3, 0.4) is 0 Å². The van der Waals surface area contributed by atoms with E-state index in [9.17, 15) is 4.79 Å². The minimum atomic E-state index is -0.821. The van der Waals surface area contributed by atoms with Crippen molar-refractivity contribution in [1.82, 2.24) is 0 Å². The van der Waals surface area contributed by atoms with Crippen LogP contribution in [0.15, 0.2) is 53.8 Å². The van der Waals surface area contributed by atoms with Gasteiger partial charge >= 0.3 is 5.97 Å². The average molecular weight is 228 g/mol. The lowest BCUT2D eigenvalue weighted by Crippen LogP contribution is -2.12. The Morgan fingerprint density at radius 3 is 2.71 bits per heavy atom. The van der Waals surface area contributed by atoms with Gasteiger partial charge in [0.1, 0.15) is 0 Å². The molecule has 0 amide bonds. The van der Waals surface area contributed by atoms with E-state index in [2.05, 4.69) is 4.99 Å². The van der Waals surface area contributed by atoms with Gasteiger partial charge in [-0.05, 0) is 29.8 Å². The molecule has 0 bridgehead atoms. The topological polar surface area (TPSA) is 52.9 Å². The molecule has 1 aromatic rings. The molecule has 0 spiro atoms. The number of hydrogen-bond donors (Lipinski definition) is 1. The van der Waals surface area contributed by atoms with Gasteiger partial charge in [0.15, 0.2) is 0 Å². The third-order valence-corrected chi connectivity index (χ3v) is 2.31. The molecule has 0 aliphatic carbocycles. The van der Waals surface area contributed by atoms with Crippen LogP contribution in [0, 0.1) is 0 Å².